The van der Waals surface area contributed by atoms with E-state index in [0.717, 1.165) is 37.7 Å². The lowest BCUT2D eigenvalue weighted by atomic mass is 9.82. The van der Waals surface area contributed by atoms with Crippen LogP contribution in [-0.4, -0.2) is 197 Å². The number of Topliss-reactive ketones (excluding diaryl/α,β-unsaturated/α-hetero) is 9. The van der Waals surface area contributed by atoms with E-state index in [-0.39, 0.29) is 153 Å². The van der Waals surface area contributed by atoms with Gasteiger partial charge in [-0.15, -0.1) is 42.9 Å². The first-order valence-electron chi connectivity index (χ1n) is 48.0. The molecule has 133 heavy (non-hydrogen) atoms. The van der Waals surface area contributed by atoms with E-state index in [9.17, 15) is 81.5 Å². The van der Waals surface area contributed by atoms with Gasteiger partial charge in [0, 0.05) is 118 Å². The zero-order valence-electron chi connectivity index (χ0n) is 83.7. The quantitative estimate of drug-likeness (QED) is 0.0116. The van der Waals surface area contributed by atoms with Gasteiger partial charge in [-0.1, -0.05) is 150 Å². The fraction of sp³-hybridized carbons (Fsp3) is 0.718. The lowest BCUT2D eigenvalue weighted by molar-refractivity contribution is -0.155. The Morgan fingerprint density at radius 1 is 0.466 bits per heavy atom. The number of ether oxygens (including phenoxy) is 2. The Bertz CT molecular complexity index is 4410. The van der Waals surface area contributed by atoms with Crippen LogP contribution in [0.25, 0.3) is 0 Å². The lowest BCUT2D eigenvalue weighted by Gasteiger charge is -2.38. The number of carbonyl (C=O) groups is 17. The van der Waals surface area contributed by atoms with E-state index in [1.807, 2.05) is 120 Å². The summed E-state index contributed by atoms with van der Waals surface area (Å²) in [7, 11) is 0. The number of piperidine rings is 3. The third kappa shape index (κ3) is 32.2. The van der Waals surface area contributed by atoms with Crippen molar-refractivity contribution in [2.45, 2.75) is 370 Å². The van der Waals surface area contributed by atoms with Crippen molar-refractivity contribution in [2.24, 2.45) is 80.8 Å². The number of hydrogen-bond donors (Lipinski definition) is 6. The highest BCUT2D eigenvalue weighted by molar-refractivity contribution is 6.51. The molecule has 28 nitrogen and oxygen atoms in total. The monoisotopic (exact) mass is 1890 g/mol. The highest BCUT2D eigenvalue weighted by Gasteiger charge is 2.75. The van der Waals surface area contributed by atoms with Crippen molar-refractivity contribution < 1.29 is 91.0 Å². The highest BCUT2D eigenvalue weighted by Crippen LogP contribution is 2.68. The standard InChI is InChI=1S/C35H57N3O7.C34H48Cl2N4O6.C34H52N2O6/c1-13-14-16-21(28(42)23(39)17-15-18-25(41)45-34(8,9)10)19-24(40)27-26-22(35(26,11)12)20-38(27)30(43)29(32(2,3)4)36-31(44)37-33(5,6)7;1-8-12-21(28(44)23(41)15-16-25(43)37-18-20-13-10-9-11-14-20)17-24(42)27-26-22(34(26,35)36)19-40(27)30(45)29(32(2,3)4)38-31(46)39-33(5,6)7;1-8-10-13-19-25(37)30(39)23(16-11-9-2)20-26(38)29-27-24(34(27,6)7)21-36(29)31(40)28(22-17-14-12-15-18-22)35-32(41)42-33(3,4)5/h13,21-22,26-27,29H,1,14-20H2,2-12H3,(H2,36,37,44);9-11,13-14,21-22,26-27,29H,8,12,15-19H2,1-7H3,(H,37,43)(H2,38,39,46);8-9,22-24,27-29H,1-2,10-21H2,3-7H3,(H,35,41)/t2*21?,22-,26-,27+,29+;23?,24-,27-,28-,29+/m000/s1. The number of rotatable bonds is 43. The Labute approximate surface area is 800 Å². The zero-order chi connectivity index (χ0) is 101. The molecule has 7 fully saturated rings. The summed E-state index contributed by atoms with van der Waals surface area (Å²) in [5.74, 6) is -9.47. The van der Waals surface area contributed by atoms with Crippen LogP contribution in [0.15, 0.2) is 68.3 Å². The average molecular weight is 1900 g/mol. The molecule has 8 rings (SSSR count). The Balaban J connectivity index is 0.000000307. The largest absolute Gasteiger partial charge is 0.460 e. The predicted octanol–water partition coefficient (Wildman–Crippen LogP) is 15.9. The first-order chi connectivity index (χ1) is 61.4. The van der Waals surface area contributed by atoms with Crippen LogP contribution in [0.2, 0.25) is 0 Å². The Morgan fingerprint density at radius 3 is 1.26 bits per heavy atom. The molecular formula is C103H157Cl2N9O19. The first-order valence-corrected chi connectivity index (χ1v) is 48.8. The molecule has 0 spiro atoms. The molecule has 9 amide bonds. The fourth-order valence-corrected chi connectivity index (χ4v) is 20.3. The van der Waals surface area contributed by atoms with E-state index in [4.69, 9.17) is 32.7 Å². The number of benzene rings is 1. The summed E-state index contributed by atoms with van der Waals surface area (Å²) in [4.78, 5) is 230. The van der Waals surface area contributed by atoms with Gasteiger partial charge in [0.25, 0.3) is 0 Å². The van der Waals surface area contributed by atoms with Crippen molar-refractivity contribution in [3.05, 3.63) is 73.9 Å². The van der Waals surface area contributed by atoms with Crippen LogP contribution in [0.4, 0.5) is 14.4 Å². The summed E-state index contributed by atoms with van der Waals surface area (Å²) >= 11 is 13.1. The average Bonchev–Trinajstić information content (AvgIpc) is 1.53. The van der Waals surface area contributed by atoms with Crippen molar-refractivity contribution in [3.8, 4) is 0 Å². The van der Waals surface area contributed by atoms with E-state index < -0.39 is 168 Å². The van der Waals surface area contributed by atoms with Gasteiger partial charge < -0.3 is 56.1 Å². The molecule has 6 N–H and O–H groups in total. The second-order valence-electron chi connectivity index (χ2n) is 45.2. The zero-order valence-corrected chi connectivity index (χ0v) is 85.2. The molecule has 4 aliphatic carbocycles. The van der Waals surface area contributed by atoms with Gasteiger partial charge in [0.15, 0.2) is 34.7 Å². The summed E-state index contributed by atoms with van der Waals surface area (Å²) < 4.78 is 9.60. The molecular weight excluding hydrogens is 1740 g/mol. The second-order valence-corrected chi connectivity index (χ2v) is 46.7. The number of likely N-dealkylation sites (tertiary alicyclic amines) is 3. The number of carbonyl (C=O) groups excluding carboxylic acids is 17. The van der Waals surface area contributed by atoms with E-state index in [1.54, 1.807) is 69.6 Å². The fourth-order valence-electron chi connectivity index (χ4n) is 19.5. The Hall–Kier alpha value is -8.79. The highest BCUT2D eigenvalue weighted by atomic mass is 35.5. The third-order valence-electron chi connectivity index (χ3n) is 26.7. The Morgan fingerprint density at radius 2 is 0.857 bits per heavy atom. The maximum Gasteiger partial charge on any atom is 0.408 e. The number of urea groups is 2. The number of hydrogen-bond acceptors (Lipinski definition) is 19. The van der Waals surface area contributed by atoms with Crippen LogP contribution in [0, 0.1) is 80.8 Å². The van der Waals surface area contributed by atoms with Crippen molar-refractivity contribution >= 4 is 123 Å². The molecule has 3 saturated heterocycles. The van der Waals surface area contributed by atoms with Crippen LogP contribution >= 0.6 is 23.2 Å². The number of fused-ring (bicyclic) bond motifs is 3. The summed E-state index contributed by atoms with van der Waals surface area (Å²) in [6.07, 6.45) is 12.0. The van der Waals surface area contributed by atoms with Crippen LogP contribution < -0.4 is 31.9 Å². The minimum atomic E-state index is -1.20. The number of halogens is 2. The van der Waals surface area contributed by atoms with Gasteiger partial charge in [0.2, 0.25) is 41.0 Å². The summed E-state index contributed by atoms with van der Waals surface area (Å²) in [5, 5.41) is 16.9. The molecule has 3 unspecified atom stereocenters. The number of nitrogens with one attached hydrogen (secondary N) is 6. The van der Waals surface area contributed by atoms with Crippen molar-refractivity contribution in [3.63, 3.8) is 0 Å². The minimum absolute atomic E-state index is 0.0130. The van der Waals surface area contributed by atoms with Crippen molar-refractivity contribution in [1.29, 1.82) is 0 Å². The summed E-state index contributed by atoms with van der Waals surface area (Å²) in [6, 6.07) is 3.26. The molecule has 4 saturated carbocycles. The Kier molecular flexibility index (Phi) is 39.8. The predicted molar refractivity (Wildman–Crippen MR) is 513 cm³/mol. The topological polar surface area (TPSA) is 391 Å². The second kappa shape index (κ2) is 46.8. The number of amides is 9. The van der Waals surface area contributed by atoms with E-state index in [2.05, 4.69) is 79.3 Å². The van der Waals surface area contributed by atoms with Crippen LogP contribution in [-0.2, 0) is 83.1 Å². The molecule has 1 aromatic rings. The first kappa shape index (κ1) is 113. The van der Waals surface area contributed by atoms with Gasteiger partial charge in [-0.3, -0.25) is 67.1 Å². The van der Waals surface area contributed by atoms with Gasteiger partial charge in [0.1, 0.15) is 33.7 Å². The summed E-state index contributed by atoms with van der Waals surface area (Å²) in [5.41, 5.74) is -3.08. The molecule has 15 atom stereocenters. The van der Waals surface area contributed by atoms with Crippen LogP contribution in [0.1, 0.15) is 306 Å². The van der Waals surface area contributed by atoms with Gasteiger partial charge in [-0.25, -0.2) is 14.4 Å². The summed E-state index contributed by atoms with van der Waals surface area (Å²) in [6.45, 7) is 55.3. The number of unbranched alkanes of at least 4 members (excludes halogenated alkanes) is 1. The molecule has 0 radical (unpaired) electrons. The molecule has 3 heterocycles. The number of esters is 1. The normalized spacial score (nSPS) is 22.6. The van der Waals surface area contributed by atoms with Gasteiger partial charge >= 0.3 is 24.1 Å². The molecule has 742 valence electrons. The van der Waals surface area contributed by atoms with Gasteiger partial charge in [-0.05, 0) is 204 Å². The molecule has 1 aromatic carbocycles. The lowest BCUT2D eigenvalue weighted by Crippen LogP contribution is -2.60. The molecule has 0 bridgehead atoms. The number of alkyl carbamates (subject to hydrolysis) is 1. The maximum atomic E-state index is 14.2. The third-order valence-corrected chi connectivity index (χ3v) is 27.8. The number of nitrogens with zero attached hydrogens (tertiary/aromatic N) is 3. The van der Waals surface area contributed by atoms with E-state index in [0.29, 0.717) is 58.2 Å². The molecule has 3 aliphatic heterocycles. The number of alkyl halides is 2. The number of ketones is 9. The molecule has 0 aromatic heterocycles. The van der Waals surface area contributed by atoms with Crippen molar-refractivity contribution in [1.82, 2.24) is 46.6 Å². The SMILES string of the molecule is C=CCCC(CC(=O)[C@@H]1[C@@H]2[C@H](CN1C(=O)[C@@H](NC(=O)NC(C)(C)C)C(C)(C)C)C2(C)C)C(=O)C(=O)CCCC(=O)OC(C)(C)C.C=CCCCC(=O)C(=O)C(CCC=C)CC(=O)[C@@H]1[C@@H]2[C@H](CN1C(=O)[C@@H](NC(=O)OC(C)(C)C)C1CCCCC1)C2(C)C.CCCC(CC(=O)[C@@H]1[C@@H]2[C@H](CN1C(=O)[C@@H](NC(=O)NC(C)(C)C)C(C)(C)C)C2(Cl)Cl)C(=O)C(=O)CCC(=O)NCc1ccccc1. The maximum absolute atomic E-state index is 14.2. The van der Waals surface area contributed by atoms with Gasteiger partial charge in [0.05, 0.1) is 18.1 Å². The number of allylic oxidation sites excluding steroid dienone is 3. The van der Waals surface area contributed by atoms with E-state index >= 15 is 0 Å². The molecule has 7 aliphatic rings. The van der Waals surface area contributed by atoms with Crippen LogP contribution in [0.3, 0.4) is 0 Å². The van der Waals surface area contributed by atoms with Crippen LogP contribution in [0.5, 0.6) is 0 Å². The smallest absolute Gasteiger partial charge is 0.408 e. The van der Waals surface area contributed by atoms with Crippen molar-refractivity contribution in [2.75, 3.05) is 19.6 Å². The van der Waals surface area contributed by atoms with Gasteiger partial charge in [-0.2, -0.15) is 0 Å². The minimum Gasteiger partial charge on any atom is -0.460 e. The van der Waals surface area contributed by atoms with E-state index in [1.165, 1.54) is 4.90 Å². The molecule has 30 heteroatoms.